The summed E-state index contributed by atoms with van der Waals surface area (Å²) in [6.07, 6.45) is 1.69. The summed E-state index contributed by atoms with van der Waals surface area (Å²) in [6, 6.07) is 7.17. The fraction of sp³-hybridized carbons (Fsp3) is 0.353. The summed E-state index contributed by atoms with van der Waals surface area (Å²) >= 11 is 0. The number of carboxylic acids is 1. The van der Waals surface area contributed by atoms with Gasteiger partial charge in [-0.1, -0.05) is 25.5 Å². The predicted molar refractivity (Wildman–Crippen MR) is 85.3 cm³/mol. The number of rotatable bonds is 5. The van der Waals surface area contributed by atoms with Crippen molar-refractivity contribution in [3.05, 3.63) is 51.3 Å². The summed E-state index contributed by atoms with van der Waals surface area (Å²) in [5.41, 5.74) is 2.80. The Kier molecular flexibility index (Phi) is 4.75. The molecule has 0 unspecified atom stereocenters. The normalized spacial score (nSPS) is 10.7. The standard InChI is InChI=1S/C17H20N2O3/c1-4-5-8-19-16(20)14(17(21)22)10-15(18-19)13-7-6-11(2)12(3)9-13/h6-7,9-10H,4-5,8H2,1-3H3,(H,21,22). The molecule has 2 aromatic rings. The quantitative estimate of drug-likeness (QED) is 0.921. The van der Waals surface area contributed by atoms with Gasteiger partial charge in [0, 0.05) is 12.1 Å². The number of unbranched alkanes of at least 4 members (excludes halogenated alkanes) is 1. The van der Waals surface area contributed by atoms with E-state index in [0.29, 0.717) is 12.2 Å². The lowest BCUT2D eigenvalue weighted by atomic mass is 10.0. The molecule has 22 heavy (non-hydrogen) atoms. The van der Waals surface area contributed by atoms with Crippen molar-refractivity contribution in [2.45, 2.75) is 40.2 Å². The van der Waals surface area contributed by atoms with Gasteiger partial charge < -0.3 is 5.11 Å². The molecule has 0 spiro atoms. The molecule has 1 heterocycles. The number of carboxylic acid groups (broad SMARTS) is 1. The van der Waals surface area contributed by atoms with E-state index in [9.17, 15) is 14.7 Å². The maximum Gasteiger partial charge on any atom is 0.341 e. The van der Waals surface area contributed by atoms with Crippen LogP contribution in [0, 0.1) is 13.8 Å². The number of aryl methyl sites for hydroxylation is 3. The third-order valence-electron chi connectivity index (χ3n) is 3.73. The van der Waals surface area contributed by atoms with Crippen molar-refractivity contribution in [1.29, 1.82) is 0 Å². The average molecular weight is 300 g/mol. The first kappa shape index (κ1) is 15.9. The highest BCUT2D eigenvalue weighted by molar-refractivity contribution is 5.88. The molecular formula is C17H20N2O3. The number of nitrogens with zero attached hydrogens (tertiary/aromatic N) is 2. The zero-order chi connectivity index (χ0) is 16.3. The first-order valence-corrected chi connectivity index (χ1v) is 7.37. The largest absolute Gasteiger partial charge is 0.477 e. The van der Waals surface area contributed by atoms with Gasteiger partial charge in [0.25, 0.3) is 5.56 Å². The fourth-order valence-electron chi connectivity index (χ4n) is 2.20. The van der Waals surface area contributed by atoms with Crippen LogP contribution in [0.4, 0.5) is 0 Å². The van der Waals surface area contributed by atoms with Gasteiger partial charge in [-0.3, -0.25) is 4.79 Å². The minimum Gasteiger partial charge on any atom is -0.477 e. The number of aromatic nitrogens is 2. The first-order chi connectivity index (χ1) is 10.4. The second kappa shape index (κ2) is 6.56. The van der Waals surface area contributed by atoms with Gasteiger partial charge in [0.2, 0.25) is 0 Å². The average Bonchev–Trinajstić information content (AvgIpc) is 2.48. The monoisotopic (exact) mass is 300 g/mol. The van der Waals surface area contributed by atoms with Crippen molar-refractivity contribution >= 4 is 5.97 Å². The summed E-state index contributed by atoms with van der Waals surface area (Å²) in [5.74, 6) is -1.22. The van der Waals surface area contributed by atoms with E-state index in [4.69, 9.17) is 0 Å². The molecule has 0 aliphatic heterocycles. The van der Waals surface area contributed by atoms with Crippen LogP contribution in [-0.4, -0.2) is 20.9 Å². The summed E-state index contributed by atoms with van der Waals surface area (Å²) in [7, 11) is 0. The predicted octanol–water partition coefficient (Wildman–Crippen LogP) is 3.03. The minimum atomic E-state index is -1.22. The Morgan fingerprint density at radius 3 is 2.55 bits per heavy atom. The summed E-state index contributed by atoms with van der Waals surface area (Å²) in [6.45, 7) is 6.44. The van der Waals surface area contributed by atoms with E-state index in [2.05, 4.69) is 5.10 Å². The molecule has 0 bridgehead atoms. The smallest absolute Gasteiger partial charge is 0.341 e. The molecule has 0 aliphatic rings. The Bertz CT molecular complexity index is 763. The lowest BCUT2D eigenvalue weighted by molar-refractivity contribution is 0.0693. The molecule has 116 valence electrons. The van der Waals surface area contributed by atoms with Crippen LogP contribution in [0.2, 0.25) is 0 Å². The lowest BCUT2D eigenvalue weighted by Gasteiger charge is -2.10. The highest BCUT2D eigenvalue weighted by Crippen LogP contribution is 2.20. The Morgan fingerprint density at radius 2 is 1.95 bits per heavy atom. The third-order valence-corrected chi connectivity index (χ3v) is 3.73. The van der Waals surface area contributed by atoms with Crippen LogP contribution in [0.3, 0.4) is 0 Å². The molecule has 1 aromatic carbocycles. The van der Waals surface area contributed by atoms with E-state index in [1.807, 2.05) is 39.0 Å². The van der Waals surface area contributed by atoms with Gasteiger partial charge in [0.1, 0.15) is 5.56 Å². The van der Waals surface area contributed by atoms with Gasteiger partial charge in [0.15, 0.2) is 0 Å². The molecule has 1 aromatic heterocycles. The Hall–Kier alpha value is -2.43. The number of carbonyl (C=O) groups is 1. The highest BCUT2D eigenvalue weighted by Gasteiger charge is 2.15. The van der Waals surface area contributed by atoms with Gasteiger partial charge in [-0.2, -0.15) is 5.10 Å². The van der Waals surface area contributed by atoms with Crippen LogP contribution in [-0.2, 0) is 6.54 Å². The van der Waals surface area contributed by atoms with Crippen LogP contribution in [0.5, 0.6) is 0 Å². The van der Waals surface area contributed by atoms with Gasteiger partial charge in [-0.25, -0.2) is 9.48 Å². The van der Waals surface area contributed by atoms with Crippen LogP contribution >= 0.6 is 0 Å². The van der Waals surface area contributed by atoms with Gasteiger partial charge in [-0.05, 0) is 43.5 Å². The number of benzene rings is 1. The van der Waals surface area contributed by atoms with Crippen LogP contribution in [0.1, 0.15) is 41.3 Å². The molecule has 0 fully saturated rings. The van der Waals surface area contributed by atoms with Crippen molar-refractivity contribution in [3.63, 3.8) is 0 Å². The number of aromatic carboxylic acids is 1. The highest BCUT2D eigenvalue weighted by atomic mass is 16.4. The van der Waals surface area contributed by atoms with E-state index < -0.39 is 11.5 Å². The van der Waals surface area contributed by atoms with E-state index in [1.165, 1.54) is 10.7 Å². The summed E-state index contributed by atoms with van der Waals surface area (Å²) < 4.78 is 1.26. The van der Waals surface area contributed by atoms with E-state index in [1.54, 1.807) is 0 Å². The van der Waals surface area contributed by atoms with Crippen molar-refractivity contribution in [2.24, 2.45) is 0 Å². The zero-order valence-electron chi connectivity index (χ0n) is 13.1. The Balaban J connectivity index is 2.59. The summed E-state index contributed by atoms with van der Waals surface area (Å²) in [4.78, 5) is 23.5. The maximum atomic E-state index is 12.1. The molecule has 1 N–H and O–H groups in total. The molecule has 0 radical (unpaired) electrons. The van der Waals surface area contributed by atoms with Gasteiger partial charge >= 0.3 is 5.97 Å². The van der Waals surface area contributed by atoms with Crippen LogP contribution < -0.4 is 5.56 Å². The van der Waals surface area contributed by atoms with Crippen molar-refractivity contribution in [2.75, 3.05) is 0 Å². The second-order valence-corrected chi connectivity index (χ2v) is 5.43. The Morgan fingerprint density at radius 1 is 1.23 bits per heavy atom. The molecule has 5 heteroatoms. The summed E-state index contributed by atoms with van der Waals surface area (Å²) in [5, 5.41) is 13.6. The number of hydrogen-bond donors (Lipinski definition) is 1. The van der Waals surface area contributed by atoms with E-state index in [-0.39, 0.29) is 5.56 Å². The Labute approximate surface area is 129 Å². The fourth-order valence-corrected chi connectivity index (χ4v) is 2.20. The third kappa shape index (κ3) is 3.24. The molecule has 0 amide bonds. The van der Waals surface area contributed by atoms with Gasteiger partial charge in [0.05, 0.1) is 5.69 Å². The zero-order valence-corrected chi connectivity index (χ0v) is 13.1. The molecule has 0 saturated carbocycles. The lowest BCUT2D eigenvalue weighted by Crippen LogP contribution is -2.29. The molecular weight excluding hydrogens is 280 g/mol. The first-order valence-electron chi connectivity index (χ1n) is 7.37. The second-order valence-electron chi connectivity index (χ2n) is 5.43. The molecule has 0 atom stereocenters. The molecule has 2 rings (SSSR count). The van der Waals surface area contributed by atoms with E-state index in [0.717, 1.165) is 29.5 Å². The molecule has 0 aliphatic carbocycles. The van der Waals surface area contributed by atoms with Crippen molar-refractivity contribution < 1.29 is 9.90 Å². The SMILES string of the molecule is CCCCn1nc(-c2ccc(C)c(C)c2)cc(C(=O)O)c1=O. The molecule has 0 saturated heterocycles. The number of hydrogen-bond acceptors (Lipinski definition) is 3. The van der Waals surface area contributed by atoms with Crippen LogP contribution in [0.25, 0.3) is 11.3 Å². The van der Waals surface area contributed by atoms with E-state index >= 15 is 0 Å². The van der Waals surface area contributed by atoms with Crippen molar-refractivity contribution in [1.82, 2.24) is 9.78 Å². The minimum absolute atomic E-state index is 0.237. The van der Waals surface area contributed by atoms with Crippen LogP contribution in [0.15, 0.2) is 29.1 Å². The van der Waals surface area contributed by atoms with Crippen molar-refractivity contribution in [3.8, 4) is 11.3 Å². The molecule has 5 nitrogen and oxygen atoms in total. The topological polar surface area (TPSA) is 72.2 Å². The van der Waals surface area contributed by atoms with Gasteiger partial charge in [-0.15, -0.1) is 0 Å². The maximum absolute atomic E-state index is 12.1.